The molecular formula is C11H9BrClN3O. The molecule has 88 valence electrons. The van der Waals surface area contributed by atoms with Crippen molar-refractivity contribution in [2.45, 2.75) is 0 Å². The van der Waals surface area contributed by atoms with Crippen molar-refractivity contribution in [3.05, 3.63) is 33.9 Å². The van der Waals surface area contributed by atoms with E-state index in [1.54, 1.807) is 0 Å². The Hall–Kier alpha value is -1.33. The first-order valence-corrected chi connectivity index (χ1v) is 5.92. The maximum absolute atomic E-state index is 5.96. The van der Waals surface area contributed by atoms with E-state index in [0.29, 0.717) is 11.6 Å². The van der Waals surface area contributed by atoms with Crippen molar-refractivity contribution in [3.63, 3.8) is 0 Å². The molecule has 0 fully saturated rings. The number of hydrogen-bond acceptors (Lipinski definition) is 4. The quantitative estimate of drug-likeness (QED) is 0.865. The van der Waals surface area contributed by atoms with Gasteiger partial charge in [-0.3, -0.25) is 0 Å². The molecule has 0 saturated carbocycles. The third-order valence-corrected chi connectivity index (χ3v) is 2.89. The molecule has 0 aliphatic carbocycles. The molecule has 0 aliphatic heterocycles. The Morgan fingerprint density at radius 2 is 2.12 bits per heavy atom. The molecule has 4 nitrogen and oxygen atoms in total. The van der Waals surface area contributed by atoms with Gasteiger partial charge >= 0.3 is 0 Å². The zero-order valence-corrected chi connectivity index (χ0v) is 11.3. The summed E-state index contributed by atoms with van der Waals surface area (Å²) in [4.78, 5) is 8.30. The lowest BCUT2D eigenvalue weighted by Crippen LogP contribution is -2.00. The van der Waals surface area contributed by atoms with Gasteiger partial charge < -0.3 is 10.5 Å². The molecule has 1 aromatic carbocycles. The second-order valence-corrected chi connectivity index (χ2v) is 4.54. The number of nitrogens with two attached hydrogens (primary N) is 1. The van der Waals surface area contributed by atoms with Gasteiger partial charge in [0.15, 0.2) is 22.5 Å². The summed E-state index contributed by atoms with van der Waals surface area (Å²) in [5.74, 6) is 0.988. The number of methoxy groups -OCH3 is 1. The largest absolute Gasteiger partial charge is 0.490 e. The Morgan fingerprint density at radius 1 is 1.35 bits per heavy atom. The van der Waals surface area contributed by atoms with Crippen molar-refractivity contribution >= 4 is 33.3 Å². The van der Waals surface area contributed by atoms with Gasteiger partial charge in [0.05, 0.1) is 7.11 Å². The second kappa shape index (κ2) is 4.89. The predicted octanol–water partition coefficient (Wildman–Crippen LogP) is 3.15. The van der Waals surface area contributed by atoms with E-state index in [-0.39, 0.29) is 11.0 Å². The summed E-state index contributed by atoms with van der Waals surface area (Å²) in [5.41, 5.74) is 6.57. The smallest absolute Gasteiger partial charge is 0.198 e. The lowest BCUT2D eigenvalue weighted by molar-refractivity contribution is 0.414. The predicted molar refractivity (Wildman–Crippen MR) is 71.1 cm³/mol. The van der Waals surface area contributed by atoms with E-state index in [4.69, 9.17) is 22.1 Å². The number of nitrogens with zero attached hydrogens (tertiary/aromatic N) is 2. The van der Waals surface area contributed by atoms with Crippen molar-refractivity contribution < 1.29 is 4.74 Å². The topological polar surface area (TPSA) is 61.0 Å². The zero-order chi connectivity index (χ0) is 12.4. The van der Waals surface area contributed by atoms with Crippen LogP contribution < -0.4 is 10.5 Å². The van der Waals surface area contributed by atoms with E-state index in [9.17, 15) is 0 Å². The first kappa shape index (κ1) is 12.1. The SMILES string of the molecule is COc1c(N)nc(-c2cccc(Br)c2)nc1Cl. The molecule has 17 heavy (non-hydrogen) atoms. The van der Waals surface area contributed by atoms with Gasteiger partial charge in [0.1, 0.15) is 0 Å². The third-order valence-electron chi connectivity index (χ3n) is 2.14. The first-order chi connectivity index (χ1) is 8.11. The summed E-state index contributed by atoms with van der Waals surface area (Å²) in [5, 5.41) is 0.204. The zero-order valence-electron chi connectivity index (χ0n) is 8.95. The lowest BCUT2D eigenvalue weighted by Gasteiger charge is -2.07. The lowest BCUT2D eigenvalue weighted by atomic mass is 10.2. The average molecular weight is 315 g/mol. The summed E-state index contributed by atoms with van der Waals surface area (Å²) in [7, 11) is 1.47. The molecule has 6 heteroatoms. The minimum absolute atomic E-state index is 0.204. The highest BCUT2D eigenvalue weighted by Crippen LogP contribution is 2.30. The summed E-state index contributed by atoms with van der Waals surface area (Å²) >= 11 is 9.34. The van der Waals surface area contributed by atoms with Crippen LogP contribution in [0.5, 0.6) is 5.75 Å². The van der Waals surface area contributed by atoms with Gasteiger partial charge in [-0.25, -0.2) is 9.97 Å². The molecular weight excluding hydrogens is 305 g/mol. The van der Waals surface area contributed by atoms with E-state index in [2.05, 4.69) is 25.9 Å². The molecule has 1 aromatic heterocycles. The van der Waals surface area contributed by atoms with Crippen LogP contribution in [0.3, 0.4) is 0 Å². The standard InChI is InChI=1S/C11H9BrClN3O/c1-17-8-9(13)15-11(16-10(8)14)6-3-2-4-7(12)5-6/h2-5H,1H3,(H2,14,15,16). The number of rotatable bonds is 2. The molecule has 0 aliphatic rings. The Balaban J connectivity index is 2.54. The fourth-order valence-corrected chi connectivity index (χ4v) is 2.04. The minimum atomic E-state index is 0.204. The van der Waals surface area contributed by atoms with Crippen LogP contribution in [0.1, 0.15) is 0 Å². The fourth-order valence-electron chi connectivity index (χ4n) is 1.38. The van der Waals surface area contributed by atoms with E-state index >= 15 is 0 Å². The number of nitrogen functional groups attached to an aromatic ring is 1. The van der Waals surface area contributed by atoms with E-state index in [1.807, 2.05) is 24.3 Å². The van der Waals surface area contributed by atoms with Crippen molar-refractivity contribution in [3.8, 4) is 17.1 Å². The molecule has 0 radical (unpaired) electrons. The van der Waals surface area contributed by atoms with E-state index < -0.39 is 0 Å². The van der Waals surface area contributed by atoms with Gasteiger partial charge in [0, 0.05) is 10.0 Å². The van der Waals surface area contributed by atoms with Gasteiger partial charge in [-0.05, 0) is 12.1 Å². The van der Waals surface area contributed by atoms with Crippen LogP contribution in [0.25, 0.3) is 11.4 Å². The van der Waals surface area contributed by atoms with Crippen LogP contribution in [-0.4, -0.2) is 17.1 Å². The van der Waals surface area contributed by atoms with Gasteiger partial charge in [0.2, 0.25) is 0 Å². The Morgan fingerprint density at radius 3 is 2.71 bits per heavy atom. The molecule has 0 bridgehead atoms. The Bertz CT molecular complexity index is 539. The molecule has 0 unspecified atom stereocenters. The Labute approximate surface area is 112 Å². The summed E-state index contributed by atoms with van der Waals surface area (Å²) < 4.78 is 5.93. The van der Waals surface area contributed by atoms with Crippen LogP contribution in [0.2, 0.25) is 5.15 Å². The van der Waals surface area contributed by atoms with Crippen LogP contribution >= 0.6 is 27.5 Å². The van der Waals surface area contributed by atoms with E-state index in [1.165, 1.54) is 7.11 Å². The molecule has 2 aromatic rings. The number of halogens is 2. The highest BCUT2D eigenvalue weighted by molar-refractivity contribution is 9.10. The van der Waals surface area contributed by atoms with Crippen molar-refractivity contribution in [1.82, 2.24) is 9.97 Å². The molecule has 1 heterocycles. The van der Waals surface area contributed by atoms with Crippen LogP contribution in [0.15, 0.2) is 28.7 Å². The molecule has 0 atom stereocenters. The van der Waals surface area contributed by atoms with Crippen molar-refractivity contribution in [2.24, 2.45) is 0 Å². The molecule has 0 saturated heterocycles. The minimum Gasteiger partial charge on any atom is -0.490 e. The van der Waals surface area contributed by atoms with Crippen molar-refractivity contribution in [2.75, 3.05) is 12.8 Å². The number of hydrogen-bond donors (Lipinski definition) is 1. The number of anilines is 1. The van der Waals surface area contributed by atoms with Gasteiger partial charge in [0.25, 0.3) is 0 Å². The van der Waals surface area contributed by atoms with Crippen LogP contribution in [0.4, 0.5) is 5.82 Å². The third kappa shape index (κ3) is 2.50. The average Bonchev–Trinajstić information content (AvgIpc) is 2.28. The molecule has 0 amide bonds. The fraction of sp³-hybridized carbons (Fsp3) is 0.0909. The highest BCUT2D eigenvalue weighted by atomic mass is 79.9. The van der Waals surface area contributed by atoms with Crippen LogP contribution in [0, 0.1) is 0 Å². The normalized spacial score (nSPS) is 10.3. The molecule has 2 rings (SSSR count). The Kier molecular flexibility index (Phi) is 3.49. The van der Waals surface area contributed by atoms with Gasteiger partial charge in [-0.1, -0.05) is 39.7 Å². The number of ether oxygens (including phenoxy) is 1. The highest BCUT2D eigenvalue weighted by Gasteiger charge is 2.12. The summed E-state index contributed by atoms with van der Waals surface area (Å²) in [6, 6.07) is 7.56. The van der Waals surface area contributed by atoms with Crippen LogP contribution in [-0.2, 0) is 0 Å². The van der Waals surface area contributed by atoms with Gasteiger partial charge in [-0.15, -0.1) is 0 Å². The summed E-state index contributed by atoms with van der Waals surface area (Å²) in [6.07, 6.45) is 0. The maximum atomic E-state index is 5.96. The second-order valence-electron chi connectivity index (χ2n) is 3.27. The maximum Gasteiger partial charge on any atom is 0.198 e. The molecule has 0 spiro atoms. The van der Waals surface area contributed by atoms with E-state index in [0.717, 1.165) is 10.0 Å². The number of benzene rings is 1. The van der Waals surface area contributed by atoms with Gasteiger partial charge in [-0.2, -0.15) is 0 Å². The first-order valence-electron chi connectivity index (χ1n) is 4.74. The number of aromatic nitrogens is 2. The molecule has 2 N–H and O–H groups in total. The summed E-state index contributed by atoms with van der Waals surface area (Å²) in [6.45, 7) is 0. The monoisotopic (exact) mass is 313 g/mol. The van der Waals surface area contributed by atoms with Crippen molar-refractivity contribution in [1.29, 1.82) is 0 Å².